The van der Waals surface area contributed by atoms with Gasteiger partial charge in [-0.3, -0.25) is 0 Å². The van der Waals surface area contributed by atoms with Crippen molar-refractivity contribution in [2.24, 2.45) is 0 Å². The van der Waals surface area contributed by atoms with Crippen molar-refractivity contribution in [1.29, 1.82) is 0 Å². The summed E-state index contributed by atoms with van der Waals surface area (Å²) in [6.45, 7) is 0. The van der Waals surface area contributed by atoms with Crippen LogP contribution in [0.5, 0.6) is 0 Å². The summed E-state index contributed by atoms with van der Waals surface area (Å²) in [7, 11) is 0. The average molecular weight is 264 g/mol. The molecule has 0 aliphatic heterocycles. The molecule has 1 radical (unpaired) electrons. The molecule has 0 aromatic carbocycles. The van der Waals surface area contributed by atoms with Crippen molar-refractivity contribution in [3.05, 3.63) is 0 Å². The van der Waals surface area contributed by atoms with Gasteiger partial charge >= 0.3 is 16.8 Å². The molecule has 0 unspecified atom stereocenters. The van der Waals surface area contributed by atoms with E-state index in [-0.39, 0.29) is 71.5 Å². The van der Waals surface area contributed by atoms with Crippen LogP contribution in [0.15, 0.2) is 0 Å². The number of hydrogen-bond acceptors (Lipinski definition) is 2. The maximum Gasteiger partial charge on any atom is 2.00 e. The Morgan fingerprint density at radius 1 is 0.800 bits per heavy atom. The topological polar surface area (TPSA) is 60.0 Å². The maximum absolute atomic E-state index is 0. The van der Waals surface area contributed by atoms with Gasteiger partial charge in [0, 0.05) is 43.8 Å². The quantitative estimate of drug-likeness (QED) is 0.561. The van der Waals surface area contributed by atoms with Crippen molar-refractivity contribution in [2.75, 3.05) is 0 Å². The molecular formula is H2CdCoNiO2. The average Bonchev–Trinajstić information content (AvgIpc) is 0. The fourth-order valence-electron chi connectivity index (χ4n) is 0. The van der Waals surface area contributed by atoms with Crippen LogP contribution in [-0.4, -0.2) is 11.0 Å². The smallest absolute Gasteiger partial charge is 0.870 e. The Morgan fingerprint density at radius 3 is 0.800 bits per heavy atom. The van der Waals surface area contributed by atoms with E-state index in [1.165, 1.54) is 0 Å². The molecule has 0 heterocycles. The van der Waals surface area contributed by atoms with Gasteiger partial charge in [0.15, 0.2) is 0 Å². The van der Waals surface area contributed by atoms with E-state index in [4.69, 9.17) is 0 Å². The van der Waals surface area contributed by atoms with Crippen LogP contribution >= 0.6 is 0 Å². The summed E-state index contributed by atoms with van der Waals surface area (Å²) >= 11 is 0. The largest absolute Gasteiger partial charge is 2.00 e. The van der Waals surface area contributed by atoms with E-state index in [0.29, 0.717) is 0 Å². The third-order valence-electron chi connectivity index (χ3n) is 0. The Morgan fingerprint density at radius 2 is 0.800 bits per heavy atom. The molecular weight excluding hydrogens is 262 g/mol. The molecule has 0 bridgehead atoms. The Labute approximate surface area is 71.0 Å². The van der Waals surface area contributed by atoms with E-state index in [1.807, 2.05) is 0 Å². The number of hydrogen-bond donors (Lipinski definition) is 0. The van der Waals surface area contributed by atoms with E-state index >= 15 is 0 Å². The third kappa shape index (κ3) is 25.4. The van der Waals surface area contributed by atoms with Crippen molar-refractivity contribution in [3.63, 3.8) is 0 Å². The molecule has 0 atom stereocenters. The summed E-state index contributed by atoms with van der Waals surface area (Å²) in [4.78, 5) is 0. The van der Waals surface area contributed by atoms with Crippen molar-refractivity contribution in [3.8, 4) is 0 Å². The monoisotopic (exact) mass is 265 g/mol. The summed E-state index contributed by atoms with van der Waals surface area (Å²) < 4.78 is 0. The SMILES string of the molecule is [Cd].[Co+2].[Ni].[OH-].[OH-]. The molecule has 5 heavy (non-hydrogen) atoms. The van der Waals surface area contributed by atoms with Crippen molar-refractivity contribution in [1.82, 2.24) is 0 Å². The van der Waals surface area contributed by atoms with Gasteiger partial charge in [0.25, 0.3) is 0 Å². The van der Waals surface area contributed by atoms with Crippen LogP contribution in [0.1, 0.15) is 0 Å². The van der Waals surface area contributed by atoms with Crippen LogP contribution in [0.25, 0.3) is 0 Å². The fraction of sp³-hybridized carbons (Fsp3) is 0. The molecule has 0 aliphatic carbocycles. The third-order valence-corrected chi connectivity index (χ3v) is 0. The van der Waals surface area contributed by atoms with E-state index in [0.717, 1.165) is 0 Å². The minimum Gasteiger partial charge on any atom is -0.870 e. The van der Waals surface area contributed by atoms with Gasteiger partial charge in [0.1, 0.15) is 0 Å². The van der Waals surface area contributed by atoms with Crippen LogP contribution in [0, 0.1) is 0 Å². The molecule has 0 fully saturated rings. The van der Waals surface area contributed by atoms with Crippen LogP contribution in [-0.2, 0) is 60.6 Å². The van der Waals surface area contributed by atoms with Crippen molar-refractivity contribution < 1.29 is 71.5 Å². The Bertz CT molecular complexity index is 9.61. The summed E-state index contributed by atoms with van der Waals surface area (Å²) in [5.41, 5.74) is 0. The molecule has 2 nitrogen and oxygen atoms in total. The van der Waals surface area contributed by atoms with Gasteiger partial charge in [-0.2, -0.15) is 0 Å². The van der Waals surface area contributed by atoms with Gasteiger partial charge in [0.2, 0.25) is 0 Å². The Kier molecular flexibility index (Phi) is 556. The zero-order chi connectivity index (χ0) is 0. The van der Waals surface area contributed by atoms with E-state index in [2.05, 4.69) is 0 Å². The van der Waals surface area contributed by atoms with E-state index in [9.17, 15) is 0 Å². The Balaban J connectivity index is 0. The maximum atomic E-state index is 0. The minimum absolute atomic E-state index is 0. The van der Waals surface area contributed by atoms with Gasteiger partial charge in [0.05, 0.1) is 0 Å². The first-order valence-corrected chi connectivity index (χ1v) is 0. The van der Waals surface area contributed by atoms with Gasteiger partial charge in [-0.1, -0.05) is 0 Å². The van der Waals surface area contributed by atoms with Gasteiger partial charge in [-0.05, 0) is 0 Å². The van der Waals surface area contributed by atoms with E-state index in [1.54, 1.807) is 0 Å². The molecule has 0 amide bonds. The predicted molar refractivity (Wildman–Crippen MR) is 3.87 cm³/mol. The molecule has 5 heteroatoms. The zero-order valence-corrected chi connectivity index (χ0v) is 8.32. The summed E-state index contributed by atoms with van der Waals surface area (Å²) in [6, 6.07) is 0. The molecule has 0 spiro atoms. The van der Waals surface area contributed by atoms with Crippen molar-refractivity contribution in [2.45, 2.75) is 0 Å². The second-order valence-corrected chi connectivity index (χ2v) is 0. The first-order valence-electron chi connectivity index (χ1n) is 0. The van der Waals surface area contributed by atoms with Crippen molar-refractivity contribution >= 4 is 0 Å². The second-order valence-electron chi connectivity index (χ2n) is 0. The number of rotatable bonds is 0. The van der Waals surface area contributed by atoms with Gasteiger partial charge in [-0.25, -0.2) is 0 Å². The first kappa shape index (κ1) is 68.8. The summed E-state index contributed by atoms with van der Waals surface area (Å²) in [6.07, 6.45) is 0. The molecule has 0 rings (SSSR count). The Hall–Kier alpha value is 1.84. The molecule has 0 saturated heterocycles. The van der Waals surface area contributed by atoms with E-state index < -0.39 is 0 Å². The summed E-state index contributed by atoms with van der Waals surface area (Å²) in [5, 5.41) is 0. The van der Waals surface area contributed by atoms with Crippen LogP contribution in [0.4, 0.5) is 0 Å². The predicted octanol–water partition coefficient (Wildman–Crippen LogP) is -0.361. The van der Waals surface area contributed by atoms with Gasteiger partial charge in [-0.15, -0.1) is 0 Å². The molecule has 0 aliphatic rings. The van der Waals surface area contributed by atoms with Gasteiger partial charge < -0.3 is 11.0 Å². The molecule has 0 aromatic rings. The standard InChI is InChI=1S/Cd.Co.Ni.2H2O/h;;;2*1H2/q;+2;;;/p-2. The minimum atomic E-state index is 0. The summed E-state index contributed by atoms with van der Waals surface area (Å²) in [5.74, 6) is 0. The second kappa shape index (κ2) is 40.4. The van der Waals surface area contributed by atoms with Crippen LogP contribution in [0.3, 0.4) is 0 Å². The first-order chi connectivity index (χ1) is 0. The normalized spacial score (nSPS) is 0. The molecule has 0 aromatic heterocycles. The molecule has 0 saturated carbocycles. The fourth-order valence-corrected chi connectivity index (χ4v) is 0. The van der Waals surface area contributed by atoms with Crippen LogP contribution < -0.4 is 0 Å². The molecule has 35 valence electrons. The molecule has 2 N–H and O–H groups in total. The van der Waals surface area contributed by atoms with Crippen LogP contribution in [0.2, 0.25) is 0 Å². The zero-order valence-electron chi connectivity index (χ0n) is 2.25.